The van der Waals surface area contributed by atoms with Crippen molar-refractivity contribution in [2.75, 3.05) is 17.3 Å². The van der Waals surface area contributed by atoms with Crippen LogP contribution in [0.4, 0.5) is 0 Å². The summed E-state index contributed by atoms with van der Waals surface area (Å²) in [7, 11) is -7.42. The lowest BCUT2D eigenvalue weighted by Crippen LogP contribution is -2.09. The van der Waals surface area contributed by atoms with Crippen LogP contribution in [0.5, 0.6) is 0 Å². The first kappa shape index (κ1) is 35.4. The van der Waals surface area contributed by atoms with E-state index in [1.54, 1.807) is 48.7 Å². The molecule has 0 bridgehead atoms. The highest BCUT2D eigenvalue weighted by molar-refractivity contribution is 8.00. The molecule has 3 heterocycles. The van der Waals surface area contributed by atoms with Gasteiger partial charge in [-0.15, -0.1) is 23.5 Å². The fourth-order valence-electron chi connectivity index (χ4n) is 2.97. The summed E-state index contributed by atoms with van der Waals surface area (Å²) in [6.45, 7) is 1.96. The monoisotopic (exact) mass is 665 g/mol. The lowest BCUT2D eigenvalue weighted by Gasteiger charge is -2.05. The van der Waals surface area contributed by atoms with Gasteiger partial charge in [-0.1, -0.05) is 25.1 Å². The molecular formula is C27H27N3O9S4. The SMILES string of the molecule is CCSc1ncccc1C(=O)O.O=C(O)c1cccnc1SCCS(=O)(=O)c1ccccc1.O=S(=O)(O)c1cccnc1. The highest BCUT2D eigenvalue weighted by Gasteiger charge is 2.16. The number of benzene rings is 1. The zero-order valence-corrected chi connectivity index (χ0v) is 25.8. The van der Waals surface area contributed by atoms with E-state index in [1.165, 1.54) is 48.4 Å². The first-order valence-corrected chi connectivity index (χ1v) is 17.2. The van der Waals surface area contributed by atoms with Crippen LogP contribution in [0.2, 0.25) is 0 Å². The maximum atomic E-state index is 12.1. The van der Waals surface area contributed by atoms with Crippen LogP contribution in [-0.4, -0.2) is 75.8 Å². The average Bonchev–Trinajstić information content (AvgIpc) is 2.99. The second-order valence-electron chi connectivity index (χ2n) is 7.90. The Balaban J connectivity index is 0.000000248. The number of aromatic carboxylic acids is 2. The van der Waals surface area contributed by atoms with Gasteiger partial charge in [-0.05, 0) is 54.3 Å². The Bertz CT molecular complexity index is 1710. The number of carboxylic acid groups (broad SMARTS) is 2. The molecule has 0 spiro atoms. The molecule has 0 aliphatic rings. The molecule has 0 aliphatic heterocycles. The summed E-state index contributed by atoms with van der Waals surface area (Å²) in [5.41, 5.74) is 0.365. The number of nitrogens with zero attached hydrogens (tertiary/aromatic N) is 3. The van der Waals surface area contributed by atoms with E-state index in [-0.39, 0.29) is 32.4 Å². The van der Waals surface area contributed by atoms with Gasteiger partial charge in [-0.3, -0.25) is 9.54 Å². The van der Waals surface area contributed by atoms with Crippen molar-refractivity contribution in [1.29, 1.82) is 0 Å². The Hall–Kier alpha value is -3.83. The number of thioether (sulfide) groups is 2. The molecular weight excluding hydrogens is 639 g/mol. The standard InChI is InChI=1S/C14H13NO4S2.C8H9NO2S.C5H5NO3S/c16-14(17)12-7-4-8-15-13(12)20-9-10-21(18,19)11-5-2-1-3-6-11;1-2-12-7-6(8(10)11)4-3-5-9-7;7-10(8,9)5-2-1-3-6-4-5/h1-8H,9-10H2,(H,16,17);3-5H,2H2,1H3,(H,10,11);1-4H,(H,7,8,9). The minimum atomic E-state index is -4.07. The van der Waals surface area contributed by atoms with Crippen molar-refractivity contribution in [2.24, 2.45) is 0 Å². The van der Waals surface area contributed by atoms with Crippen molar-refractivity contribution >= 4 is 55.4 Å². The summed E-state index contributed by atoms with van der Waals surface area (Å²) in [5.74, 6) is -0.987. The molecule has 0 amide bonds. The third kappa shape index (κ3) is 12.1. The second kappa shape index (κ2) is 17.3. The molecule has 1 aromatic carbocycles. The molecule has 16 heteroatoms. The van der Waals surface area contributed by atoms with Gasteiger partial charge in [0, 0.05) is 30.5 Å². The maximum Gasteiger partial charge on any atom is 0.338 e. The molecule has 4 rings (SSSR count). The van der Waals surface area contributed by atoms with Gasteiger partial charge in [0.15, 0.2) is 9.84 Å². The number of sulfone groups is 1. The van der Waals surface area contributed by atoms with Gasteiger partial charge in [0.2, 0.25) is 0 Å². The van der Waals surface area contributed by atoms with Crippen LogP contribution < -0.4 is 0 Å². The first-order valence-electron chi connectivity index (χ1n) is 12.1. The molecule has 0 unspecified atom stereocenters. The van der Waals surface area contributed by atoms with E-state index >= 15 is 0 Å². The third-order valence-electron chi connectivity index (χ3n) is 4.91. The number of aromatic nitrogens is 3. The van der Waals surface area contributed by atoms with Gasteiger partial charge < -0.3 is 10.2 Å². The topological polar surface area (TPSA) is 202 Å². The third-order valence-corrected chi connectivity index (χ3v) is 9.63. The second-order valence-corrected chi connectivity index (χ2v) is 13.8. The molecule has 228 valence electrons. The molecule has 12 nitrogen and oxygen atoms in total. The fourth-order valence-corrected chi connectivity index (χ4v) is 6.79. The van der Waals surface area contributed by atoms with Crippen LogP contribution in [0.25, 0.3) is 0 Å². The Morgan fingerprint density at radius 2 is 1.23 bits per heavy atom. The maximum absolute atomic E-state index is 12.1. The number of pyridine rings is 3. The van der Waals surface area contributed by atoms with Crippen LogP contribution in [-0.2, 0) is 20.0 Å². The van der Waals surface area contributed by atoms with Crippen molar-refractivity contribution in [2.45, 2.75) is 26.8 Å². The predicted octanol–water partition coefficient (Wildman–Crippen LogP) is 4.57. The molecule has 0 radical (unpaired) electrons. The molecule has 43 heavy (non-hydrogen) atoms. The zero-order valence-electron chi connectivity index (χ0n) is 22.5. The van der Waals surface area contributed by atoms with Gasteiger partial charge in [0.05, 0.1) is 21.8 Å². The molecule has 0 fully saturated rings. The Morgan fingerprint density at radius 1 is 0.721 bits per heavy atom. The number of carboxylic acids is 2. The van der Waals surface area contributed by atoms with Crippen LogP contribution >= 0.6 is 23.5 Å². The average molecular weight is 666 g/mol. The minimum absolute atomic E-state index is 0.0721. The van der Waals surface area contributed by atoms with E-state index in [4.69, 9.17) is 14.8 Å². The van der Waals surface area contributed by atoms with Crippen LogP contribution in [0.1, 0.15) is 27.6 Å². The number of rotatable bonds is 10. The Morgan fingerprint density at radius 3 is 1.67 bits per heavy atom. The van der Waals surface area contributed by atoms with Gasteiger partial charge >= 0.3 is 11.9 Å². The van der Waals surface area contributed by atoms with Gasteiger partial charge in [-0.25, -0.2) is 28.0 Å². The van der Waals surface area contributed by atoms with Gasteiger partial charge in [-0.2, -0.15) is 8.42 Å². The molecule has 3 aromatic heterocycles. The van der Waals surface area contributed by atoms with E-state index in [2.05, 4.69) is 15.0 Å². The lowest BCUT2D eigenvalue weighted by atomic mass is 10.3. The molecule has 0 atom stereocenters. The van der Waals surface area contributed by atoms with E-state index in [0.29, 0.717) is 10.1 Å². The summed E-state index contributed by atoms with van der Waals surface area (Å²) in [5, 5.41) is 18.7. The van der Waals surface area contributed by atoms with E-state index in [1.807, 2.05) is 6.92 Å². The van der Waals surface area contributed by atoms with Gasteiger partial charge in [0.1, 0.15) is 14.9 Å². The van der Waals surface area contributed by atoms with Gasteiger partial charge in [0.25, 0.3) is 10.1 Å². The zero-order chi connectivity index (χ0) is 31.9. The van der Waals surface area contributed by atoms with Crippen LogP contribution in [0, 0.1) is 0 Å². The smallest absolute Gasteiger partial charge is 0.338 e. The summed E-state index contributed by atoms with van der Waals surface area (Å²) in [6, 6.07) is 17.1. The highest BCUT2D eigenvalue weighted by atomic mass is 32.2. The summed E-state index contributed by atoms with van der Waals surface area (Å²) >= 11 is 2.56. The van der Waals surface area contributed by atoms with Crippen molar-refractivity contribution in [1.82, 2.24) is 15.0 Å². The lowest BCUT2D eigenvalue weighted by molar-refractivity contribution is 0.0681. The van der Waals surface area contributed by atoms with E-state index in [0.717, 1.165) is 23.7 Å². The predicted molar refractivity (Wildman–Crippen MR) is 162 cm³/mol. The number of hydrogen-bond donors (Lipinski definition) is 3. The summed E-state index contributed by atoms with van der Waals surface area (Å²) < 4.78 is 53.3. The number of carbonyl (C=O) groups is 2. The van der Waals surface area contributed by atoms with Crippen molar-refractivity contribution in [3.63, 3.8) is 0 Å². The molecule has 4 aromatic rings. The highest BCUT2D eigenvalue weighted by Crippen LogP contribution is 2.22. The van der Waals surface area contributed by atoms with E-state index in [9.17, 15) is 26.4 Å². The van der Waals surface area contributed by atoms with Crippen LogP contribution in [0.3, 0.4) is 0 Å². The summed E-state index contributed by atoms with van der Waals surface area (Å²) in [4.78, 5) is 33.2. The first-order chi connectivity index (χ1) is 20.4. The van der Waals surface area contributed by atoms with Crippen LogP contribution in [0.15, 0.2) is 111 Å². The Labute approximate surface area is 257 Å². The summed E-state index contributed by atoms with van der Waals surface area (Å²) in [6.07, 6.45) is 5.59. The molecule has 0 saturated carbocycles. The van der Waals surface area contributed by atoms with Crippen molar-refractivity contribution in [3.8, 4) is 0 Å². The normalized spacial score (nSPS) is 10.8. The molecule has 3 N–H and O–H groups in total. The number of hydrogen-bond acceptors (Lipinski definition) is 11. The molecule has 0 aliphatic carbocycles. The van der Waals surface area contributed by atoms with Crippen molar-refractivity contribution in [3.05, 3.63) is 103 Å². The van der Waals surface area contributed by atoms with E-state index < -0.39 is 31.9 Å². The van der Waals surface area contributed by atoms with Crippen molar-refractivity contribution < 1.29 is 41.2 Å². The molecule has 0 saturated heterocycles. The minimum Gasteiger partial charge on any atom is -0.478 e. The Kier molecular flexibility index (Phi) is 14.3. The largest absolute Gasteiger partial charge is 0.478 e. The quantitative estimate of drug-likeness (QED) is 0.157. The fraction of sp³-hybridized carbons (Fsp3) is 0.148.